The summed E-state index contributed by atoms with van der Waals surface area (Å²) in [6.07, 6.45) is 3.39. The minimum absolute atomic E-state index is 0.176. The molecule has 1 saturated heterocycles. The number of ether oxygens (including phenoxy) is 1. The second kappa shape index (κ2) is 6.77. The average Bonchev–Trinajstić information content (AvgIpc) is 3.14. The van der Waals surface area contributed by atoms with Crippen molar-refractivity contribution in [3.63, 3.8) is 0 Å². The molecule has 0 amide bonds. The monoisotopic (exact) mass is 246 g/mol. The number of hydrogen-bond donors (Lipinski definition) is 1. The van der Waals surface area contributed by atoms with Crippen LogP contribution in [0.2, 0.25) is 0 Å². The van der Waals surface area contributed by atoms with Gasteiger partial charge in [0.25, 0.3) is 0 Å². The van der Waals surface area contributed by atoms with Gasteiger partial charge in [-0.15, -0.1) is 0 Å². The molecule has 0 bridgehead atoms. The minimum atomic E-state index is -0.935. The molecule has 0 spiro atoms. The Kier molecular flexibility index (Phi) is 5.33. The molecule has 0 aromatic heterocycles. The number of hydrogen-bond acceptors (Lipinski definition) is 2. The van der Waals surface area contributed by atoms with Crippen LogP contribution in [0.15, 0.2) is 43.0 Å². The van der Waals surface area contributed by atoms with Crippen LogP contribution in [0.25, 0.3) is 6.08 Å². The number of carboxylic acids is 1. The second-order valence-corrected chi connectivity index (χ2v) is 4.15. The van der Waals surface area contributed by atoms with Crippen LogP contribution in [0.3, 0.4) is 0 Å². The third kappa shape index (κ3) is 4.97. The molecule has 1 aromatic carbocycles. The van der Waals surface area contributed by atoms with Gasteiger partial charge in [0.15, 0.2) is 0 Å². The topological polar surface area (TPSA) is 49.8 Å². The number of aliphatic carboxylic acids is 1. The van der Waals surface area contributed by atoms with Crippen molar-refractivity contribution >= 4 is 12.0 Å². The van der Waals surface area contributed by atoms with Crippen molar-refractivity contribution in [1.29, 1.82) is 0 Å². The fourth-order valence-corrected chi connectivity index (χ4v) is 1.35. The molecular formula is C15H18O3. The predicted molar refractivity (Wildman–Crippen MR) is 72.4 cm³/mol. The van der Waals surface area contributed by atoms with E-state index < -0.39 is 5.97 Å². The zero-order valence-corrected chi connectivity index (χ0v) is 10.6. The quantitative estimate of drug-likeness (QED) is 0.656. The van der Waals surface area contributed by atoms with Crippen LogP contribution in [0.5, 0.6) is 0 Å². The van der Waals surface area contributed by atoms with E-state index >= 15 is 0 Å². The Morgan fingerprint density at radius 1 is 1.56 bits per heavy atom. The van der Waals surface area contributed by atoms with Gasteiger partial charge in [0.2, 0.25) is 0 Å². The first-order valence-corrected chi connectivity index (χ1v) is 5.75. The van der Waals surface area contributed by atoms with Crippen molar-refractivity contribution in [1.82, 2.24) is 0 Å². The summed E-state index contributed by atoms with van der Waals surface area (Å²) in [6.45, 7) is 9.30. The molecule has 2 rings (SSSR count). The molecule has 0 saturated carbocycles. The molecule has 1 atom stereocenters. The maximum atomic E-state index is 9.60. The summed E-state index contributed by atoms with van der Waals surface area (Å²) >= 11 is 0. The van der Waals surface area contributed by atoms with E-state index in [9.17, 15) is 4.79 Å². The largest absolute Gasteiger partial charge is 0.478 e. The van der Waals surface area contributed by atoms with E-state index in [-0.39, 0.29) is 5.57 Å². The fraction of sp³-hybridized carbons (Fsp3) is 0.267. The van der Waals surface area contributed by atoms with Crippen molar-refractivity contribution < 1.29 is 14.6 Å². The third-order valence-electron chi connectivity index (χ3n) is 2.49. The van der Waals surface area contributed by atoms with Crippen molar-refractivity contribution in [2.75, 3.05) is 6.61 Å². The van der Waals surface area contributed by atoms with Gasteiger partial charge < -0.3 is 9.84 Å². The molecule has 1 fully saturated rings. The molecular weight excluding hydrogens is 228 g/mol. The van der Waals surface area contributed by atoms with Crippen molar-refractivity contribution in [2.24, 2.45) is 0 Å². The minimum Gasteiger partial charge on any atom is -0.478 e. The van der Waals surface area contributed by atoms with Gasteiger partial charge in [0, 0.05) is 12.0 Å². The van der Waals surface area contributed by atoms with Crippen LogP contribution in [0, 0.1) is 0 Å². The lowest BCUT2D eigenvalue weighted by molar-refractivity contribution is -0.132. The fourth-order valence-electron chi connectivity index (χ4n) is 1.35. The second-order valence-electron chi connectivity index (χ2n) is 4.15. The zero-order valence-electron chi connectivity index (χ0n) is 10.6. The van der Waals surface area contributed by atoms with Gasteiger partial charge in [-0.2, -0.15) is 0 Å². The standard InChI is InChI=1S/C11H12O.C4H6O2/c1-2-9-5-3-4-6-10(9)7-11-8-12-11;1-3(2)4(5)6/h2-6,11H,1,7-8H2;1H2,2H3,(H,5,6). The predicted octanol–water partition coefficient (Wildman–Crippen LogP) is 2.92. The average molecular weight is 246 g/mol. The summed E-state index contributed by atoms with van der Waals surface area (Å²) in [4.78, 5) is 9.60. The van der Waals surface area contributed by atoms with Crippen molar-refractivity contribution in [3.05, 3.63) is 54.1 Å². The maximum absolute atomic E-state index is 9.60. The first-order valence-electron chi connectivity index (χ1n) is 5.75. The Bertz CT molecular complexity index is 433. The molecule has 1 heterocycles. The molecule has 1 unspecified atom stereocenters. The third-order valence-corrected chi connectivity index (χ3v) is 2.49. The van der Waals surface area contributed by atoms with Crippen molar-refractivity contribution in [2.45, 2.75) is 19.4 Å². The van der Waals surface area contributed by atoms with E-state index in [2.05, 4.69) is 31.4 Å². The maximum Gasteiger partial charge on any atom is 0.330 e. The SMILES string of the molecule is C=C(C)C(=O)O.C=Cc1ccccc1CC1CO1. The Balaban J connectivity index is 0.000000232. The van der Waals surface area contributed by atoms with Gasteiger partial charge in [0.05, 0.1) is 12.7 Å². The first-order chi connectivity index (χ1) is 8.54. The molecule has 0 radical (unpaired) electrons. The lowest BCUT2D eigenvalue weighted by Crippen LogP contribution is -1.94. The highest BCUT2D eigenvalue weighted by Gasteiger charge is 2.22. The Hall–Kier alpha value is -1.87. The van der Waals surface area contributed by atoms with Crippen LogP contribution in [-0.4, -0.2) is 23.8 Å². The summed E-state index contributed by atoms with van der Waals surface area (Å²) in [6, 6.07) is 8.32. The summed E-state index contributed by atoms with van der Waals surface area (Å²) in [5, 5.41) is 7.89. The Labute approximate surface area is 107 Å². The van der Waals surface area contributed by atoms with Crippen LogP contribution in [0.1, 0.15) is 18.1 Å². The number of benzene rings is 1. The molecule has 96 valence electrons. The molecule has 3 nitrogen and oxygen atoms in total. The van der Waals surface area contributed by atoms with E-state index in [1.54, 1.807) is 0 Å². The lowest BCUT2D eigenvalue weighted by Gasteiger charge is -2.02. The highest BCUT2D eigenvalue weighted by molar-refractivity contribution is 5.84. The Morgan fingerprint density at radius 2 is 2.11 bits per heavy atom. The van der Waals surface area contributed by atoms with Crippen molar-refractivity contribution in [3.8, 4) is 0 Å². The smallest absolute Gasteiger partial charge is 0.330 e. The molecule has 1 aliphatic rings. The number of epoxide rings is 1. The van der Waals surface area contributed by atoms with Gasteiger partial charge >= 0.3 is 5.97 Å². The number of rotatable bonds is 4. The molecule has 1 aromatic rings. The molecule has 18 heavy (non-hydrogen) atoms. The molecule has 0 aliphatic carbocycles. The van der Waals surface area contributed by atoms with E-state index in [0.717, 1.165) is 13.0 Å². The summed E-state index contributed by atoms with van der Waals surface area (Å²) in [7, 11) is 0. The van der Waals surface area contributed by atoms with Gasteiger partial charge in [0.1, 0.15) is 0 Å². The van der Waals surface area contributed by atoms with Gasteiger partial charge in [-0.1, -0.05) is 43.5 Å². The molecule has 3 heteroatoms. The highest BCUT2D eigenvalue weighted by atomic mass is 16.6. The van der Waals surface area contributed by atoms with Gasteiger partial charge in [-0.25, -0.2) is 4.79 Å². The van der Waals surface area contributed by atoms with E-state index in [4.69, 9.17) is 9.84 Å². The summed E-state index contributed by atoms with van der Waals surface area (Å²) in [5.74, 6) is -0.935. The van der Waals surface area contributed by atoms with Gasteiger partial charge in [-0.05, 0) is 18.1 Å². The lowest BCUT2D eigenvalue weighted by atomic mass is 10.0. The van der Waals surface area contributed by atoms with E-state index in [1.807, 2.05) is 12.1 Å². The molecule has 1 N–H and O–H groups in total. The van der Waals surface area contributed by atoms with Crippen LogP contribution >= 0.6 is 0 Å². The molecule has 1 aliphatic heterocycles. The van der Waals surface area contributed by atoms with Crippen LogP contribution in [0.4, 0.5) is 0 Å². The van der Waals surface area contributed by atoms with E-state index in [1.165, 1.54) is 18.1 Å². The number of carbonyl (C=O) groups is 1. The first kappa shape index (κ1) is 14.2. The normalized spacial score (nSPS) is 16.2. The highest BCUT2D eigenvalue weighted by Crippen LogP contribution is 2.19. The van der Waals surface area contributed by atoms with Gasteiger partial charge in [-0.3, -0.25) is 0 Å². The summed E-state index contributed by atoms with van der Waals surface area (Å²) < 4.78 is 5.18. The van der Waals surface area contributed by atoms with E-state index in [0.29, 0.717) is 6.10 Å². The zero-order chi connectivity index (χ0) is 13.5. The van der Waals surface area contributed by atoms with Crippen LogP contribution in [-0.2, 0) is 16.0 Å². The summed E-state index contributed by atoms with van der Waals surface area (Å²) in [5.41, 5.74) is 2.75. The van der Waals surface area contributed by atoms with Crippen LogP contribution < -0.4 is 0 Å². The Morgan fingerprint density at radius 3 is 2.56 bits per heavy atom. The number of carboxylic acid groups (broad SMARTS) is 1.